The molecule has 1 saturated heterocycles. The first kappa shape index (κ1) is 26.4. The first-order chi connectivity index (χ1) is 18.4. The van der Waals surface area contributed by atoms with E-state index in [4.69, 9.17) is 0 Å². The molecule has 0 unspecified atom stereocenters. The quantitative estimate of drug-likeness (QED) is 0.343. The van der Waals surface area contributed by atoms with Crippen LogP contribution in [0, 0.1) is 0 Å². The van der Waals surface area contributed by atoms with E-state index in [-0.39, 0.29) is 6.07 Å². The Kier molecular flexibility index (Phi) is 6.69. The summed E-state index contributed by atoms with van der Waals surface area (Å²) in [5, 5.41) is 17.4. The smallest absolute Gasteiger partial charge is 0.354 e. The van der Waals surface area contributed by atoms with Crippen LogP contribution in [0.25, 0.3) is 22.2 Å². The van der Waals surface area contributed by atoms with Crippen molar-refractivity contribution < 1.29 is 31.1 Å². The van der Waals surface area contributed by atoms with E-state index in [1.807, 2.05) is 35.2 Å². The Morgan fingerprint density at radius 2 is 1.62 bits per heavy atom. The van der Waals surface area contributed by atoms with Crippen LogP contribution in [0.2, 0.25) is 0 Å². The van der Waals surface area contributed by atoms with Gasteiger partial charge in [-0.05, 0) is 37.1 Å². The highest BCUT2D eigenvalue weighted by Crippen LogP contribution is 2.38. The van der Waals surface area contributed by atoms with Gasteiger partial charge in [-0.3, -0.25) is 9.48 Å². The molecular formula is C26H22F6N6O. The van der Waals surface area contributed by atoms with Gasteiger partial charge in [0.05, 0.1) is 22.4 Å². The average Bonchev–Trinajstić information content (AvgIpc) is 3.32. The second kappa shape index (κ2) is 9.86. The van der Waals surface area contributed by atoms with Crippen LogP contribution in [0.5, 0.6) is 0 Å². The zero-order valence-corrected chi connectivity index (χ0v) is 20.5. The van der Waals surface area contributed by atoms with Crippen molar-refractivity contribution in [1.29, 1.82) is 0 Å². The van der Waals surface area contributed by atoms with Gasteiger partial charge in [0.25, 0.3) is 5.91 Å². The maximum atomic E-state index is 13.5. The summed E-state index contributed by atoms with van der Waals surface area (Å²) in [6.45, 7) is 0.877. The van der Waals surface area contributed by atoms with Gasteiger partial charge in [-0.1, -0.05) is 24.3 Å². The lowest BCUT2D eigenvalue weighted by molar-refractivity contribution is -0.143. The lowest BCUT2D eigenvalue weighted by Gasteiger charge is -2.33. The van der Waals surface area contributed by atoms with Gasteiger partial charge in [0.15, 0.2) is 5.82 Å². The summed E-state index contributed by atoms with van der Waals surface area (Å²) >= 11 is 0. The molecule has 3 heterocycles. The van der Waals surface area contributed by atoms with Crippen LogP contribution in [-0.2, 0) is 19.4 Å². The monoisotopic (exact) mass is 548 g/mol. The molecule has 4 aromatic rings. The summed E-state index contributed by atoms with van der Waals surface area (Å²) in [4.78, 5) is 14.7. The van der Waals surface area contributed by atoms with E-state index >= 15 is 0 Å². The molecule has 0 bridgehead atoms. The van der Waals surface area contributed by atoms with Crippen molar-refractivity contribution in [2.45, 2.75) is 31.2 Å². The number of aromatic nitrogens is 4. The Morgan fingerprint density at radius 3 is 2.23 bits per heavy atom. The fourth-order valence-corrected chi connectivity index (χ4v) is 4.77. The first-order valence-electron chi connectivity index (χ1n) is 12.0. The molecule has 2 aromatic carbocycles. The van der Waals surface area contributed by atoms with Gasteiger partial charge in [0.2, 0.25) is 0 Å². The number of carbonyl (C=O) groups is 1. The number of halogens is 6. The first-order valence-corrected chi connectivity index (χ1v) is 12.0. The number of hydrogen-bond donors (Lipinski definition) is 1. The molecular weight excluding hydrogens is 526 g/mol. The van der Waals surface area contributed by atoms with Gasteiger partial charge in [0.1, 0.15) is 5.69 Å². The molecule has 5 rings (SSSR count). The number of nitrogens with one attached hydrogen (secondary N) is 1. The Bertz CT molecular complexity index is 1520. The normalized spacial score (nSPS) is 15.1. The molecule has 1 N–H and O–H groups in total. The number of alkyl halides is 6. The van der Waals surface area contributed by atoms with Crippen molar-refractivity contribution in [3.63, 3.8) is 0 Å². The topological polar surface area (TPSA) is 75.9 Å². The zero-order chi connectivity index (χ0) is 27.9. The SMILES string of the molecule is Cn1nccc1-c1nnc(N2CCC(NC(=O)c3ccc(C(F)(F)F)cc3C(F)(F)F)CC2)c2ccccc12. The molecule has 1 aliphatic rings. The van der Waals surface area contributed by atoms with Crippen LogP contribution in [0.1, 0.15) is 34.3 Å². The van der Waals surface area contributed by atoms with Gasteiger partial charge in [-0.25, -0.2) is 0 Å². The van der Waals surface area contributed by atoms with E-state index < -0.39 is 41.0 Å². The van der Waals surface area contributed by atoms with Crippen molar-refractivity contribution >= 4 is 22.5 Å². The minimum Gasteiger partial charge on any atom is -0.354 e. The van der Waals surface area contributed by atoms with Crippen LogP contribution >= 0.6 is 0 Å². The average molecular weight is 548 g/mol. The molecule has 0 radical (unpaired) electrons. The Labute approximate surface area is 218 Å². The minimum atomic E-state index is -5.13. The number of fused-ring (bicyclic) bond motifs is 1. The van der Waals surface area contributed by atoms with Gasteiger partial charge in [-0.15, -0.1) is 10.2 Å². The van der Waals surface area contributed by atoms with Crippen molar-refractivity contribution in [1.82, 2.24) is 25.3 Å². The predicted molar refractivity (Wildman–Crippen MR) is 131 cm³/mol. The fraction of sp³-hybridized carbons (Fsp3) is 0.308. The summed E-state index contributed by atoms with van der Waals surface area (Å²) in [6, 6.07) is 10.0. The molecule has 2 aromatic heterocycles. The van der Waals surface area contributed by atoms with Crippen LogP contribution in [0.4, 0.5) is 32.2 Å². The van der Waals surface area contributed by atoms with Gasteiger partial charge < -0.3 is 10.2 Å². The number of anilines is 1. The molecule has 0 spiro atoms. The third-order valence-electron chi connectivity index (χ3n) is 6.76. The van der Waals surface area contributed by atoms with Gasteiger partial charge in [0, 0.05) is 43.1 Å². The number of rotatable bonds is 4. The summed E-state index contributed by atoms with van der Waals surface area (Å²) < 4.78 is 81.1. The number of benzene rings is 2. The number of hydrogen-bond acceptors (Lipinski definition) is 5. The second-order valence-corrected chi connectivity index (χ2v) is 9.25. The van der Waals surface area contributed by atoms with E-state index in [0.29, 0.717) is 49.6 Å². The largest absolute Gasteiger partial charge is 0.417 e. The number of piperidine rings is 1. The van der Waals surface area contributed by atoms with Crippen molar-refractivity contribution in [3.8, 4) is 11.4 Å². The fourth-order valence-electron chi connectivity index (χ4n) is 4.77. The van der Waals surface area contributed by atoms with Crippen LogP contribution in [0.3, 0.4) is 0 Å². The standard InChI is InChI=1S/C26H22F6N6O/c1-37-21(8-11-33-37)22-17-4-2-3-5-18(17)23(36-35-22)38-12-9-16(10-13-38)34-24(39)19-7-6-15(25(27,28)29)14-20(19)26(30,31)32/h2-8,11,14,16H,9-10,12-13H2,1H3,(H,34,39). The lowest BCUT2D eigenvalue weighted by Crippen LogP contribution is -2.45. The summed E-state index contributed by atoms with van der Waals surface area (Å²) in [7, 11) is 1.81. The zero-order valence-electron chi connectivity index (χ0n) is 20.5. The number of aryl methyl sites for hydroxylation is 1. The maximum absolute atomic E-state index is 13.5. The Hall–Kier alpha value is -4.16. The number of carbonyl (C=O) groups excluding carboxylic acids is 1. The third-order valence-corrected chi connectivity index (χ3v) is 6.76. The van der Waals surface area contributed by atoms with Crippen molar-refractivity contribution in [3.05, 3.63) is 71.4 Å². The second-order valence-electron chi connectivity index (χ2n) is 9.25. The van der Waals surface area contributed by atoms with Crippen LogP contribution in [0.15, 0.2) is 54.7 Å². The Morgan fingerprint density at radius 1 is 0.923 bits per heavy atom. The van der Waals surface area contributed by atoms with Crippen LogP contribution in [-0.4, -0.2) is 45.0 Å². The summed E-state index contributed by atoms with van der Waals surface area (Å²) in [6.07, 6.45) is -7.63. The molecule has 39 heavy (non-hydrogen) atoms. The molecule has 13 heteroatoms. The molecule has 204 valence electrons. The summed E-state index contributed by atoms with van der Waals surface area (Å²) in [5.41, 5.74) is -2.47. The molecule has 1 amide bonds. The van der Waals surface area contributed by atoms with Crippen molar-refractivity contribution in [2.24, 2.45) is 7.05 Å². The molecule has 0 aliphatic carbocycles. The van der Waals surface area contributed by atoms with Gasteiger partial charge in [-0.2, -0.15) is 31.4 Å². The van der Waals surface area contributed by atoms with Crippen LogP contribution < -0.4 is 10.2 Å². The van der Waals surface area contributed by atoms with Crippen molar-refractivity contribution in [2.75, 3.05) is 18.0 Å². The van der Waals surface area contributed by atoms with E-state index in [9.17, 15) is 31.1 Å². The van der Waals surface area contributed by atoms with E-state index in [1.54, 1.807) is 17.9 Å². The minimum absolute atomic E-state index is 0.0313. The predicted octanol–water partition coefficient (Wildman–Crippen LogP) is 5.47. The highest BCUT2D eigenvalue weighted by atomic mass is 19.4. The van der Waals surface area contributed by atoms with E-state index in [0.717, 1.165) is 16.5 Å². The molecule has 0 saturated carbocycles. The molecule has 0 atom stereocenters. The number of nitrogens with zero attached hydrogens (tertiary/aromatic N) is 5. The third kappa shape index (κ3) is 5.25. The molecule has 1 fully saturated rings. The highest BCUT2D eigenvalue weighted by Gasteiger charge is 2.39. The summed E-state index contributed by atoms with van der Waals surface area (Å²) in [5.74, 6) is -0.427. The number of amides is 1. The Balaban J connectivity index is 1.32. The lowest BCUT2D eigenvalue weighted by atomic mass is 10.00. The molecule has 7 nitrogen and oxygen atoms in total. The molecule has 1 aliphatic heterocycles. The maximum Gasteiger partial charge on any atom is 0.417 e. The van der Waals surface area contributed by atoms with E-state index in [1.165, 1.54) is 0 Å². The van der Waals surface area contributed by atoms with Gasteiger partial charge >= 0.3 is 12.4 Å². The van der Waals surface area contributed by atoms with E-state index in [2.05, 4.69) is 20.6 Å². The highest BCUT2D eigenvalue weighted by molar-refractivity contribution is 6.00.